The molecule has 0 aromatic heterocycles. The molecule has 5 heteroatoms. The van der Waals surface area contributed by atoms with Gasteiger partial charge in [0.25, 0.3) is 0 Å². The molecule has 0 aliphatic rings. The molecule has 0 radical (unpaired) electrons. The fourth-order valence-corrected chi connectivity index (χ4v) is 1.43. The maximum atomic E-state index is 11.5. The van der Waals surface area contributed by atoms with Crippen LogP contribution in [-0.2, 0) is 9.53 Å². The van der Waals surface area contributed by atoms with Crippen molar-refractivity contribution in [3.63, 3.8) is 0 Å². The van der Waals surface area contributed by atoms with Gasteiger partial charge in [-0.1, -0.05) is 13.3 Å². The molecule has 0 aliphatic carbocycles. The average Bonchev–Trinajstić information content (AvgIpc) is 2.37. The molecule has 1 amide bonds. The molecule has 0 aliphatic heterocycles. The summed E-state index contributed by atoms with van der Waals surface area (Å²) >= 11 is 0. The number of rotatable bonds is 5. The van der Waals surface area contributed by atoms with Gasteiger partial charge >= 0.3 is 5.97 Å². The fourth-order valence-electron chi connectivity index (χ4n) is 1.43. The molecule has 0 heterocycles. The Kier molecular flexibility index (Phi) is 5.17. The van der Waals surface area contributed by atoms with Crippen molar-refractivity contribution in [2.45, 2.75) is 26.2 Å². The number of nitrogens with one attached hydrogen (secondary N) is 1. The number of amides is 1. The summed E-state index contributed by atoms with van der Waals surface area (Å²) in [6, 6.07) is 4.23. The predicted octanol–water partition coefficient (Wildman–Crippen LogP) is 2.31. The molecule has 0 saturated heterocycles. The number of carbonyl (C=O) groups is 2. The van der Waals surface area contributed by atoms with Crippen molar-refractivity contribution in [3.05, 3.63) is 23.8 Å². The number of phenolic OH excluding ortho intramolecular Hbond substituents is 1. The SMILES string of the molecule is CCCCC(=O)Nc1ccc(C(=O)OC)cc1O. The molecule has 1 aromatic rings. The van der Waals surface area contributed by atoms with E-state index in [2.05, 4.69) is 10.1 Å². The number of carbonyl (C=O) groups excluding carboxylic acids is 2. The van der Waals surface area contributed by atoms with E-state index in [-0.39, 0.29) is 17.2 Å². The highest BCUT2D eigenvalue weighted by atomic mass is 16.5. The number of esters is 1. The van der Waals surface area contributed by atoms with Gasteiger partial charge in [-0.2, -0.15) is 0 Å². The van der Waals surface area contributed by atoms with Crippen LogP contribution in [0.5, 0.6) is 5.75 Å². The maximum Gasteiger partial charge on any atom is 0.337 e. The molecule has 2 N–H and O–H groups in total. The number of unbranched alkanes of at least 4 members (excludes halogenated alkanes) is 1. The number of benzene rings is 1. The monoisotopic (exact) mass is 251 g/mol. The molecule has 98 valence electrons. The zero-order valence-electron chi connectivity index (χ0n) is 10.5. The highest BCUT2D eigenvalue weighted by molar-refractivity contribution is 5.94. The second-order valence-corrected chi connectivity index (χ2v) is 3.88. The van der Waals surface area contributed by atoms with Crippen LogP contribution in [0.4, 0.5) is 5.69 Å². The van der Waals surface area contributed by atoms with Crippen molar-refractivity contribution in [3.8, 4) is 5.75 Å². The molecule has 0 spiro atoms. The van der Waals surface area contributed by atoms with Gasteiger partial charge in [0.1, 0.15) is 5.75 Å². The zero-order valence-corrected chi connectivity index (χ0v) is 10.5. The minimum Gasteiger partial charge on any atom is -0.506 e. The minimum atomic E-state index is -0.533. The van der Waals surface area contributed by atoms with Gasteiger partial charge in [-0.15, -0.1) is 0 Å². The first-order valence-electron chi connectivity index (χ1n) is 5.79. The van der Waals surface area contributed by atoms with Gasteiger partial charge in [-0.25, -0.2) is 4.79 Å². The predicted molar refractivity (Wildman–Crippen MR) is 67.6 cm³/mol. The van der Waals surface area contributed by atoms with Gasteiger partial charge in [-0.05, 0) is 24.6 Å². The molecule has 0 atom stereocenters. The Labute approximate surface area is 106 Å². The van der Waals surface area contributed by atoms with Gasteiger partial charge in [0.2, 0.25) is 5.91 Å². The Morgan fingerprint density at radius 1 is 1.39 bits per heavy atom. The molecule has 0 unspecified atom stereocenters. The average molecular weight is 251 g/mol. The third kappa shape index (κ3) is 3.76. The molecule has 5 nitrogen and oxygen atoms in total. The summed E-state index contributed by atoms with van der Waals surface area (Å²) in [6.07, 6.45) is 2.14. The number of ether oxygens (including phenoxy) is 1. The molecule has 1 rings (SSSR count). The van der Waals surface area contributed by atoms with Crippen LogP contribution >= 0.6 is 0 Å². The highest BCUT2D eigenvalue weighted by Crippen LogP contribution is 2.24. The molecule has 0 fully saturated rings. The number of anilines is 1. The first-order valence-corrected chi connectivity index (χ1v) is 5.79. The van der Waals surface area contributed by atoms with E-state index in [4.69, 9.17) is 0 Å². The first kappa shape index (κ1) is 14.0. The van der Waals surface area contributed by atoms with Crippen LogP contribution in [0, 0.1) is 0 Å². The van der Waals surface area contributed by atoms with Crippen LogP contribution in [-0.4, -0.2) is 24.1 Å². The third-order valence-corrected chi connectivity index (χ3v) is 2.45. The normalized spacial score (nSPS) is 9.89. The van der Waals surface area contributed by atoms with E-state index in [0.29, 0.717) is 12.1 Å². The van der Waals surface area contributed by atoms with E-state index in [0.717, 1.165) is 12.8 Å². The van der Waals surface area contributed by atoms with Gasteiger partial charge in [0.15, 0.2) is 0 Å². The van der Waals surface area contributed by atoms with Gasteiger partial charge in [-0.3, -0.25) is 4.79 Å². The van der Waals surface area contributed by atoms with Crippen LogP contribution in [0.25, 0.3) is 0 Å². The Bertz CT molecular complexity index is 443. The number of methoxy groups -OCH3 is 1. The summed E-state index contributed by atoms with van der Waals surface area (Å²) in [5.74, 6) is -0.838. The van der Waals surface area contributed by atoms with Crippen molar-refractivity contribution >= 4 is 17.6 Å². The topological polar surface area (TPSA) is 75.6 Å². The Morgan fingerprint density at radius 2 is 2.11 bits per heavy atom. The van der Waals surface area contributed by atoms with Crippen molar-refractivity contribution < 1.29 is 19.4 Å². The largest absolute Gasteiger partial charge is 0.506 e. The molecule has 18 heavy (non-hydrogen) atoms. The first-order chi connectivity index (χ1) is 8.58. The van der Waals surface area contributed by atoms with Crippen LogP contribution in [0.3, 0.4) is 0 Å². The summed E-state index contributed by atoms with van der Waals surface area (Å²) in [6.45, 7) is 2.00. The maximum absolute atomic E-state index is 11.5. The number of hydrogen-bond donors (Lipinski definition) is 2. The zero-order chi connectivity index (χ0) is 13.5. The Balaban J connectivity index is 2.74. The molecule has 1 aromatic carbocycles. The highest BCUT2D eigenvalue weighted by Gasteiger charge is 2.10. The summed E-state index contributed by atoms with van der Waals surface area (Å²) < 4.78 is 4.53. The van der Waals surface area contributed by atoms with Crippen LogP contribution in [0.15, 0.2) is 18.2 Å². The van der Waals surface area contributed by atoms with E-state index < -0.39 is 5.97 Å². The smallest absolute Gasteiger partial charge is 0.337 e. The summed E-state index contributed by atoms with van der Waals surface area (Å²) in [5.41, 5.74) is 0.533. The standard InChI is InChI=1S/C13H17NO4/c1-3-4-5-12(16)14-10-7-6-9(8-11(10)15)13(17)18-2/h6-8,15H,3-5H2,1-2H3,(H,14,16). The molecular weight excluding hydrogens is 234 g/mol. The van der Waals surface area contributed by atoms with Gasteiger partial charge in [0.05, 0.1) is 18.4 Å². The lowest BCUT2D eigenvalue weighted by Crippen LogP contribution is -2.11. The minimum absolute atomic E-state index is 0.150. The van der Waals surface area contributed by atoms with Crippen LogP contribution < -0.4 is 5.32 Å². The van der Waals surface area contributed by atoms with Crippen LogP contribution in [0.1, 0.15) is 36.5 Å². The quantitative estimate of drug-likeness (QED) is 0.622. The van der Waals surface area contributed by atoms with Crippen molar-refractivity contribution in [1.82, 2.24) is 0 Å². The van der Waals surface area contributed by atoms with Crippen molar-refractivity contribution in [1.29, 1.82) is 0 Å². The number of aromatic hydroxyl groups is 1. The molecular formula is C13H17NO4. The second-order valence-electron chi connectivity index (χ2n) is 3.88. The third-order valence-electron chi connectivity index (χ3n) is 2.45. The molecule has 0 bridgehead atoms. The number of hydrogen-bond acceptors (Lipinski definition) is 4. The summed E-state index contributed by atoms with van der Waals surface area (Å²) in [4.78, 5) is 22.7. The van der Waals surface area contributed by atoms with Crippen LogP contribution in [0.2, 0.25) is 0 Å². The Hall–Kier alpha value is -2.04. The summed E-state index contributed by atoms with van der Waals surface area (Å²) in [5, 5.41) is 12.3. The fraction of sp³-hybridized carbons (Fsp3) is 0.385. The lowest BCUT2D eigenvalue weighted by atomic mass is 10.2. The summed E-state index contributed by atoms with van der Waals surface area (Å²) in [7, 11) is 1.26. The lowest BCUT2D eigenvalue weighted by molar-refractivity contribution is -0.116. The van der Waals surface area contributed by atoms with E-state index in [1.165, 1.54) is 25.3 Å². The second kappa shape index (κ2) is 6.64. The Morgan fingerprint density at radius 3 is 2.67 bits per heavy atom. The molecule has 0 saturated carbocycles. The van der Waals surface area contributed by atoms with Crippen molar-refractivity contribution in [2.24, 2.45) is 0 Å². The lowest BCUT2D eigenvalue weighted by Gasteiger charge is -2.08. The van der Waals surface area contributed by atoms with Gasteiger partial charge in [0, 0.05) is 6.42 Å². The van der Waals surface area contributed by atoms with E-state index in [1.54, 1.807) is 0 Å². The van der Waals surface area contributed by atoms with E-state index in [1.807, 2.05) is 6.92 Å². The van der Waals surface area contributed by atoms with Crippen molar-refractivity contribution in [2.75, 3.05) is 12.4 Å². The van der Waals surface area contributed by atoms with E-state index in [9.17, 15) is 14.7 Å². The van der Waals surface area contributed by atoms with Gasteiger partial charge < -0.3 is 15.2 Å². The van der Waals surface area contributed by atoms with E-state index >= 15 is 0 Å². The number of phenols is 1.